The maximum absolute atomic E-state index is 12.6. The van der Waals surface area contributed by atoms with E-state index in [1.807, 2.05) is 49.4 Å². The molecule has 5 heteroatoms. The molecule has 1 heterocycles. The van der Waals surface area contributed by atoms with Gasteiger partial charge in [-0.2, -0.15) is 5.10 Å². The van der Waals surface area contributed by atoms with Crippen molar-refractivity contribution in [1.29, 1.82) is 0 Å². The van der Waals surface area contributed by atoms with Crippen LogP contribution in [0.4, 0.5) is 0 Å². The van der Waals surface area contributed by atoms with Crippen LogP contribution in [0.5, 0.6) is 0 Å². The van der Waals surface area contributed by atoms with Crippen molar-refractivity contribution >= 4 is 17.5 Å². The number of hydrogen-bond donors (Lipinski definition) is 2. The number of H-pyrrole nitrogens is 1. The zero-order valence-electron chi connectivity index (χ0n) is 12.6. The molecule has 0 radical (unpaired) electrons. The highest BCUT2D eigenvalue weighted by atomic mass is 35.5. The van der Waals surface area contributed by atoms with Crippen LogP contribution < -0.4 is 5.32 Å². The Kier molecular flexibility index (Phi) is 4.44. The van der Waals surface area contributed by atoms with Crippen molar-refractivity contribution in [2.45, 2.75) is 13.0 Å². The number of carbonyl (C=O) groups is 1. The summed E-state index contributed by atoms with van der Waals surface area (Å²) in [6, 6.07) is 17.0. The van der Waals surface area contributed by atoms with Gasteiger partial charge in [-0.3, -0.25) is 9.89 Å². The van der Waals surface area contributed by atoms with E-state index in [9.17, 15) is 4.79 Å². The quantitative estimate of drug-likeness (QED) is 0.754. The number of hydrogen-bond acceptors (Lipinski definition) is 2. The summed E-state index contributed by atoms with van der Waals surface area (Å²) in [6.45, 7) is 1.95. The smallest absolute Gasteiger partial charge is 0.255 e. The van der Waals surface area contributed by atoms with E-state index in [2.05, 4.69) is 15.5 Å². The highest BCUT2D eigenvalue weighted by Crippen LogP contribution is 2.24. The summed E-state index contributed by atoms with van der Waals surface area (Å²) in [4.78, 5) is 12.6. The van der Waals surface area contributed by atoms with Crippen molar-refractivity contribution in [3.63, 3.8) is 0 Å². The van der Waals surface area contributed by atoms with Crippen LogP contribution in [0.25, 0.3) is 11.3 Å². The summed E-state index contributed by atoms with van der Waals surface area (Å²) in [6.07, 6.45) is 1.53. The minimum atomic E-state index is -0.176. The molecule has 0 aliphatic rings. The summed E-state index contributed by atoms with van der Waals surface area (Å²) in [5.41, 5.74) is 3.03. The van der Waals surface area contributed by atoms with Crippen molar-refractivity contribution in [2.75, 3.05) is 0 Å². The fraction of sp³-hybridized carbons (Fsp3) is 0.111. The van der Waals surface area contributed by atoms with Crippen LogP contribution in [-0.4, -0.2) is 16.1 Å². The second-order valence-corrected chi connectivity index (χ2v) is 5.71. The van der Waals surface area contributed by atoms with Crippen molar-refractivity contribution in [1.82, 2.24) is 15.5 Å². The second-order valence-electron chi connectivity index (χ2n) is 5.27. The number of halogens is 1. The Hall–Kier alpha value is -2.59. The molecule has 23 heavy (non-hydrogen) atoms. The SMILES string of the molecule is C[C@@H](NC(=O)c1cn[nH]c1-c1cccc(Cl)c1)c1ccccc1. The van der Waals surface area contributed by atoms with Crippen LogP contribution >= 0.6 is 11.6 Å². The standard InChI is InChI=1S/C18H16ClN3O/c1-12(13-6-3-2-4-7-13)21-18(23)16-11-20-22-17(16)14-8-5-9-15(19)10-14/h2-12H,1H3,(H,20,22)(H,21,23)/t12-/m1/s1. The normalized spacial score (nSPS) is 11.9. The van der Waals surface area contributed by atoms with E-state index >= 15 is 0 Å². The summed E-state index contributed by atoms with van der Waals surface area (Å²) in [5, 5.41) is 10.5. The summed E-state index contributed by atoms with van der Waals surface area (Å²) in [5.74, 6) is -0.176. The Morgan fingerprint density at radius 1 is 1.17 bits per heavy atom. The molecule has 3 rings (SSSR count). The molecule has 0 unspecified atom stereocenters. The first-order valence-corrected chi connectivity index (χ1v) is 7.68. The largest absolute Gasteiger partial charge is 0.345 e. The van der Waals surface area contributed by atoms with Crippen molar-refractivity contribution in [2.24, 2.45) is 0 Å². The minimum Gasteiger partial charge on any atom is -0.345 e. The van der Waals surface area contributed by atoms with Crippen molar-refractivity contribution in [3.8, 4) is 11.3 Å². The lowest BCUT2D eigenvalue weighted by molar-refractivity contribution is 0.0940. The zero-order valence-corrected chi connectivity index (χ0v) is 13.3. The van der Waals surface area contributed by atoms with E-state index in [1.165, 1.54) is 6.20 Å². The fourth-order valence-corrected chi connectivity index (χ4v) is 2.61. The van der Waals surface area contributed by atoms with E-state index in [0.29, 0.717) is 16.3 Å². The molecule has 0 fully saturated rings. The molecule has 1 atom stereocenters. The Morgan fingerprint density at radius 3 is 2.70 bits per heavy atom. The molecule has 0 saturated carbocycles. The third-order valence-electron chi connectivity index (χ3n) is 3.64. The van der Waals surface area contributed by atoms with Gasteiger partial charge in [0.1, 0.15) is 0 Å². The molecule has 2 N–H and O–H groups in total. The Labute approximate surface area is 139 Å². The number of aromatic amines is 1. The molecule has 1 amide bonds. The number of aromatic nitrogens is 2. The molecule has 0 aliphatic carbocycles. The summed E-state index contributed by atoms with van der Waals surface area (Å²) >= 11 is 6.02. The molecular weight excluding hydrogens is 310 g/mol. The monoisotopic (exact) mass is 325 g/mol. The molecule has 0 aliphatic heterocycles. The minimum absolute atomic E-state index is 0.0918. The lowest BCUT2D eigenvalue weighted by Gasteiger charge is -2.14. The van der Waals surface area contributed by atoms with E-state index in [-0.39, 0.29) is 11.9 Å². The van der Waals surface area contributed by atoms with Gasteiger partial charge in [-0.05, 0) is 24.6 Å². The van der Waals surface area contributed by atoms with Gasteiger partial charge in [0.2, 0.25) is 0 Å². The van der Waals surface area contributed by atoms with Crippen molar-refractivity contribution in [3.05, 3.63) is 76.9 Å². The maximum Gasteiger partial charge on any atom is 0.255 e. The van der Waals surface area contributed by atoms with Crippen LogP contribution in [0.15, 0.2) is 60.8 Å². The number of nitrogens with one attached hydrogen (secondary N) is 2. The molecule has 2 aromatic carbocycles. The molecule has 1 aromatic heterocycles. The summed E-state index contributed by atoms with van der Waals surface area (Å²) < 4.78 is 0. The number of rotatable bonds is 4. The van der Waals surface area contributed by atoms with Crippen LogP contribution in [0.1, 0.15) is 28.9 Å². The van der Waals surface area contributed by atoms with E-state index in [1.54, 1.807) is 12.1 Å². The molecule has 4 nitrogen and oxygen atoms in total. The number of benzene rings is 2. The van der Waals surface area contributed by atoms with E-state index < -0.39 is 0 Å². The maximum atomic E-state index is 12.6. The predicted octanol–water partition coefficient (Wildman–Crippen LogP) is 4.22. The molecular formula is C18H16ClN3O. The van der Waals surface area contributed by atoms with Crippen LogP contribution in [0, 0.1) is 0 Å². The van der Waals surface area contributed by atoms with Gasteiger partial charge in [-0.1, -0.05) is 54.1 Å². The molecule has 0 saturated heterocycles. The Morgan fingerprint density at radius 2 is 1.96 bits per heavy atom. The Balaban J connectivity index is 1.83. The topological polar surface area (TPSA) is 57.8 Å². The molecule has 0 spiro atoms. The number of amides is 1. The lowest BCUT2D eigenvalue weighted by atomic mass is 10.1. The zero-order chi connectivity index (χ0) is 16.2. The number of nitrogens with zero attached hydrogens (tertiary/aromatic N) is 1. The van der Waals surface area contributed by atoms with Gasteiger partial charge in [-0.15, -0.1) is 0 Å². The van der Waals surface area contributed by atoms with Crippen LogP contribution in [0.3, 0.4) is 0 Å². The van der Waals surface area contributed by atoms with Gasteiger partial charge in [0.15, 0.2) is 0 Å². The first-order chi connectivity index (χ1) is 11.1. The average Bonchev–Trinajstić information content (AvgIpc) is 3.05. The number of carbonyl (C=O) groups excluding carboxylic acids is 1. The van der Waals surface area contributed by atoms with Crippen molar-refractivity contribution < 1.29 is 4.79 Å². The second kappa shape index (κ2) is 6.67. The van der Waals surface area contributed by atoms with Gasteiger partial charge in [-0.25, -0.2) is 0 Å². The third kappa shape index (κ3) is 3.43. The van der Waals surface area contributed by atoms with E-state index in [4.69, 9.17) is 11.6 Å². The molecule has 3 aromatic rings. The first kappa shape index (κ1) is 15.3. The van der Waals surface area contributed by atoms with Gasteiger partial charge in [0, 0.05) is 10.6 Å². The Bertz CT molecular complexity index is 814. The molecule has 0 bridgehead atoms. The lowest BCUT2D eigenvalue weighted by Crippen LogP contribution is -2.26. The van der Waals surface area contributed by atoms with Crippen LogP contribution in [-0.2, 0) is 0 Å². The van der Waals surface area contributed by atoms with Gasteiger partial charge < -0.3 is 5.32 Å². The average molecular weight is 326 g/mol. The van der Waals surface area contributed by atoms with Gasteiger partial charge in [0.25, 0.3) is 5.91 Å². The fourth-order valence-electron chi connectivity index (χ4n) is 2.42. The molecule has 116 valence electrons. The predicted molar refractivity (Wildman–Crippen MR) is 91.4 cm³/mol. The summed E-state index contributed by atoms with van der Waals surface area (Å²) in [7, 11) is 0. The highest BCUT2D eigenvalue weighted by Gasteiger charge is 2.17. The highest BCUT2D eigenvalue weighted by molar-refractivity contribution is 6.30. The van der Waals surface area contributed by atoms with E-state index in [0.717, 1.165) is 11.1 Å². The van der Waals surface area contributed by atoms with Crippen LogP contribution in [0.2, 0.25) is 5.02 Å². The third-order valence-corrected chi connectivity index (χ3v) is 3.88. The van der Waals surface area contributed by atoms with Gasteiger partial charge >= 0.3 is 0 Å². The van der Waals surface area contributed by atoms with Gasteiger partial charge in [0.05, 0.1) is 23.5 Å². The first-order valence-electron chi connectivity index (χ1n) is 7.30.